The lowest BCUT2D eigenvalue weighted by atomic mass is 9.75. The highest BCUT2D eigenvalue weighted by Crippen LogP contribution is 2.41. The van der Waals surface area contributed by atoms with Crippen molar-refractivity contribution in [2.24, 2.45) is 11.8 Å². The first-order valence-electron chi connectivity index (χ1n) is 14.8. The van der Waals surface area contributed by atoms with Crippen molar-refractivity contribution in [1.29, 1.82) is 0 Å². The fourth-order valence-electron chi connectivity index (χ4n) is 6.97. The van der Waals surface area contributed by atoms with Gasteiger partial charge in [-0.3, -0.25) is 14.5 Å². The van der Waals surface area contributed by atoms with Gasteiger partial charge >= 0.3 is 0 Å². The number of fused-ring (bicyclic) bond motifs is 2. The van der Waals surface area contributed by atoms with Crippen LogP contribution < -0.4 is 10.2 Å². The number of benzene rings is 2. The van der Waals surface area contributed by atoms with Crippen molar-refractivity contribution in [3.63, 3.8) is 0 Å². The van der Waals surface area contributed by atoms with Gasteiger partial charge in [0.05, 0.1) is 30.8 Å². The predicted molar refractivity (Wildman–Crippen MR) is 157 cm³/mol. The second kappa shape index (κ2) is 11.1. The molecule has 2 aromatic carbocycles. The number of imidazole rings is 1. The van der Waals surface area contributed by atoms with Crippen LogP contribution in [0.1, 0.15) is 79.7 Å². The molecule has 0 radical (unpaired) electrons. The largest absolute Gasteiger partial charge is 0.390 e. The fraction of sp³-hybridized carbons (Fsp3) is 0.485. The first kappa shape index (κ1) is 27.7. The molecular weight excluding hydrogens is 516 g/mol. The number of aromatic nitrogens is 2. The van der Waals surface area contributed by atoms with E-state index in [1.54, 1.807) is 4.90 Å². The molecule has 3 aliphatic rings. The van der Waals surface area contributed by atoms with Crippen LogP contribution in [0.2, 0.25) is 0 Å². The molecule has 2 amide bonds. The van der Waals surface area contributed by atoms with E-state index in [9.17, 15) is 14.7 Å². The van der Waals surface area contributed by atoms with Crippen LogP contribution in [0.5, 0.6) is 0 Å². The Morgan fingerprint density at radius 3 is 2.61 bits per heavy atom. The fourth-order valence-corrected chi connectivity index (χ4v) is 6.97. The van der Waals surface area contributed by atoms with E-state index in [1.165, 1.54) is 12.5 Å². The van der Waals surface area contributed by atoms with Crippen LogP contribution in [0.3, 0.4) is 0 Å². The predicted octanol–water partition coefficient (Wildman–Crippen LogP) is 4.70. The summed E-state index contributed by atoms with van der Waals surface area (Å²) in [4.78, 5) is 37.4. The van der Waals surface area contributed by atoms with E-state index in [1.807, 2.05) is 48.5 Å². The number of hydrogen-bond donors (Lipinski definition) is 3. The molecule has 1 saturated heterocycles. The van der Waals surface area contributed by atoms with Crippen LogP contribution >= 0.6 is 0 Å². The number of amides is 2. The molecule has 6 atom stereocenters. The molecule has 3 aromatic rings. The summed E-state index contributed by atoms with van der Waals surface area (Å²) < 4.78 is 6.09. The zero-order valence-corrected chi connectivity index (χ0v) is 24.0. The summed E-state index contributed by atoms with van der Waals surface area (Å²) >= 11 is 0. The molecule has 8 nitrogen and oxygen atoms in total. The average Bonchev–Trinajstić information content (AvgIpc) is 3.72. The van der Waals surface area contributed by atoms with Crippen LogP contribution in [0.4, 0.5) is 5.69 Å². The second-order valence-corrected chi connectivity index (χ2v) is 12.9. The van der Waals surface area contributed by atoms with Gasteiger partial charge in [0, 0.05) is 18.7 Å². The number of aliphatic hydroxyl groups excluding tert-OH is 1. The number of ether oxygens (including phenoxy) is 1. The topological polar surface area (TPSA) is 108 Å². The van der Waals surface area contributed by atoms with Crippen molar-refractivity contribution in [1.82, 2.24) is 15.3 Å². The monoisotopic (exact) mass is 556 g/mol. The van der Waals surface area contributed by atoms with Gasteiger partial charge in [-0.05, 0) is 71.8 Å². The summed E-state index contributed by atoms with van der Waals surface area (Å²) in [5, 5.41) is 14.1. The lowest BCUT2D eigenvalue weighted by molar-refractivity contribution is -0.125. The number of anilines is 1. The molecule has 216 valence electrons. The first-order valence-corrected chi connectivity index (χ1v) is 14.8. The minimum Gasteiger partial charge on any atom is -0.390 e. The van der Waals surface area contributed by atoms with Crippen LogP contribution in [0, 0.1) is 11.8 Å². The van der Waals surface area contributed by atoms with Gasteiger partial charge < -0.3 is 20.1 Å². The maximum Gasteiger partial charge on any atom is 0.277 e. The van der Waals surface area contributed by atoms with Gasteiger partial charge in [0.2, 0.25) is 5.91 Å². The minimum atomic E-state index is -0.795. The Balaban J connectivity index is 1.40. The van der Waals surface area contributed by atoms with Gasteiger partial charge in [0.1, 0.15) is 11.7 Å². The summed E-state index contributed by atoms with van der Waals surface area (Å²) in [5.41, 5.74) is 4.01. The van der Waals surface area contributed by atoms with Gasteiger partial charge in [-0.15, -0.1) is 0 Å². The van der Waals surface area contributed by atoms with Crippen LogP contribution in [0.25, 0.3) is 0 Å². The van der Waals surface area contributed by atoms with Crippen molar-refractivity contribution in [3.05, 3.63) is 83.4 Å². The standard InChI is InChI=1S/C33H40N4O4/c1-33(2,3)23-10-12-24(13-11-23)37(32(40)26-18-34-19-35-26)30(22-9-8-20-14-15-41-28(20)17-22)31(39)36-29-25-7-5-4-6-21(25)16-27(29)38/h4-7,10-13,18-20,22,27-30,38H,8-9,14-17H2,1-3H3,(H,34,35)(H,36,39)/t20?,22?,27-,28?,29+,30?/m0/s1. The Morgan fingerprint density at radius 2 is 1.88 bits per heavy atom. The van der Waals surface area contributed by atoms with Gasteiger partial charge in [-0.25, -0.2) is 4.98 Å². The number of carbonyl (C=O) groups excluding carboxylic acids is 2. The minimum absolute atomic E-state index is 0.0578. The van der Waals surface area contributed by atoms with E-state index in [4.69, 9.17) is 4.74 Å². The van der Waals surface area contributed by atoms with Crippen molar-refractivity contribution >= 4 is 17.5 Å². The molecule has 6 rings (SSSR count). The Morgan fingerprint density at radius 1 is 1.10 bits per heavy atom. The van der Waals surface area contributed by atoms with Gasteiger partial charge in [-0.2, -0.15) is 0 Å². The lowest BCUT2D eigenvalue weighted by Gasteiger charge is -2.41. The summed E-state index contributed by atoms with van der Waals surface area (Å²) in [6.45, 7) is 7.19. The zero-order valence-electron chi connectivity index (χ0n) is 24.0. The summed E-state index contributed by atoms with van der Waals surface area (Å²) in [6.07, 6.45) is 6.36. The van der Waals surface area contributed by atoms with E-state index in [2.05, 4.69) is 36.1 Å². The van der Waals surface area contributed by atoms with Crippen LogP contribution in [-0.2, 0) is 21.4 Å². The number of rotatable bonds is 6. The van der Waals surface area contributed by atoms with E-state index in [0.29, 0.717) is 30.1 Å². The number of nitrogens with zero attached hydrogens (tertiary/aromatic N) is 2. The highest BCUT2D eigenvalue weighted by atomic mass is 16.5. The third-order valence-electron chi connectivity index (χ3n) is 9.24. The molecule has 2 fully saturated rings. The molecule has 1 saturated carbocycles. The first-order chi connectivity index (χ1) is 19.7. The van der Waals surface area contributed by atoms with Gasteiger partial charge in [-0.1, -0.05) is 57.2 Å². The summed E-state index contributed by atoms with van der Waals surface area (Å²) in [7, 11) is 0. The SMILES string of the molecule is CC(C)(C)c1ccc(N(C(=O)c2cnc[nH]2)C(C(=O)N[C@@H]2c3ccccc3C[C@@H]2O)C2CCC3CCOC3C2)cc1. The molecule has 4 unspecified atom stereocenters. The number of nitrogens with one attached hydrogen (secondary N) is 2. The van der Waals surface area contributed by atoms with E-state index in [-0.39, 0.29) is 29.3 Å². The highest BCUT2D eigenvalue weighted by molar-refractivity contribution is 6.09. The van der Waals surface area contributed by atoms with Gasteiger partial charge in [0.15, 0.2) is 0 Å². The normalized spacial score (nSPS) is 26.2. The van der Waals surface area contributed by atoms with Crippen LogP contribution in [-0.4, -0.2) is 51.7 Å². The van der Waals surface area contributed by atoms with Crippen molar-refractivity contribution in [2.75, 3.05) is 11.5 Å². The molecule has 1 aromatic heterocycles. The molecule has 41 heavy (non-hydrogen) atoms. The third kappa shape index (κ3) is 5.43. The third-order valence-corrected chi connectivity index (χ3v) is 9.24. The Kier molecular flexibility index (Phi) is 7.47. The average molecular weight is 557 g/mol. The number of H-pyrrole nitrogens is 1. The Labute approximate surface area is 241 Å². The number of aliphatic hydroxyl groups is 1. The maximum absolute atomic E-state index is 14.5. The molecule has 3 N–H and O–H groups in total. The Hall–Kier alpha value is -3.49. The second-order valence-electron chi connectivity index (χ2n) is 12.9. The lowest BCUT2D eigenvalue weighted by Crippen LogP contribution is -2.56. The van der Waals surface area contributed by atoms with Crippen molar-refractivity contribution in [2.45, 2.75) is 82.6 Å². The maximum atomic E-state index is 14.5. The quantitative estimate of drug-likeness (QED) is 0.408. The molecule has 8 heteroatoms. The Bertz CT molecular complexity index is 1380. The molecule has 0 bridgehead atoms. The summed E-state index contributed by atoms with van der Waals surface area (Å²) in [6, 6.07) is 14.4. The molecular formula is C33H40N4O4. The smallest absolute Gasteiger partial charge is 0.277 e. The molecule has 2 aliphatic carbocycles. The zero-order chi connectivity index (χ0) is 28.7. The van der Waals surface area contributed by atoms with E-state index < -0.39 is 18.2 Å². The summed E-state index contributed by atoms with van der Waals surface area (Å²) in [5.74, 6) is -0.188. The van der Waals surface area contributed by atoms with E-state index >= 15 is 0 Å². The van der Waals surface area contributed by atoms with Crippen molar-refractivity contribution < 1.29 is 19.4 Å². The highest BCUT2D eigenvalue weighted by Gasteiger charge is 2.45. The molecule has 1 aliphatic heterocycles. The molecule has 2 heterocycles. The van der Waals surface area contributed by atoms with E-state index in [0.717, 1.165) is 42.6 Å². The number of aromatic amines is 1. The van der Waals surface area contributed by atoms with Gasteiger partial charge in [0.25, 0.3) is 5.91 Å². The van der Waals surface area contributed by atoms with Crippen LogP contribution in [0.15, 0.2) is 61.1 Å². The number of hydrogen-bond acceptors (Lipinski definition) is 5. The molecule has 0 spiro atoms. The van der Waals surface area contributed by atoms with Crippen molar-refractivity contribution in [3.8, 4) is 0 Å². The number of carbonyl (C=O) groups is 2.